The van der Waals surface area contributed by atoms with Crippen LogP contribution in [0.25, 0.3) is 0 Å². The van der Waals surface area contributed by atoms with Crippen LogP contribution in [0.15, 0.2) is 30.3 Å². The van der Waals surface area contributed by atoms with Gasteiger partial charge in [0.1, 0.15) is 0 Å². The van der Waals surface area contributed by atoms with Crippen LogP contribution in [0.5, 0.6) is 0 Å². The molecular formula is C10H12Cl2O2S. The average molecular weight is 267 g/mol. The third-order valence-electron chi connectivity index (χ3n) is 1.37. The van der Waals surface area contributed by atoms with Gasteiger partial charge in [-0.1, -0.05) is 59.1 Å². The maximum Gasteiger partial charge on any atom is 0.352 e. The minimum atomic E-state index is -1.71. The van der Waals surface area contributed by atoms with Crippen molar-refractivity contribution in [2.75, 3.05) is 7.11 Å². The summed E-state index contributed by atoms with van der Waals surface area (Å²) in [5.41, 5.74) is 1.32. The van der Waals surface area contributed by atoms with E-state index in [2.05, 4.69) is 36.4 Å². The van der Waals surface area contributed by atoms with E-state index >= 15 is 0 Å². The highest BCUT2D eigenvalue weighted by molar-refractivity contribution is 7.86. The fourth-order valence-corrected chi connectivity index (χ4v) is 0.903. The van der Waals surface area contributed by atoms with Crippen LogP contribution in [0, 0.1) is 6.92 Å². The first-order chi connectivity index (χ1) is 6.88. The van der Waals surface area contributed by atoms with E-state index in [0.717, 1.165) is 0 Å². The highest BCUT2D eigenvalue weighted by atomic mass is 35.5. The zero-order chi connectivity index (χ0) is 11.9. The van der Waals surface area contributed by atoms with Crippen molar-refractivity contribution in [3.8, 4) is 0 Å². The Morgan fingerprint density at radius 1 is 1.33 bits per heavy atom. The molecule has 1 aromatic carbocycles. The highest BCUT2D eigenvalue weighted by Gasteiger charge is 2.29. The zero-order valence-corrected chi connectivity index (χ0v) is 10.8. The summed E-state index contributed by atoms with van der Waals surface area (Å²) in [5.74, 6) is -0.774. The van der Waals surface area contributed by atoms with Crippen molar-refractivity contribution in [1.82, 2.24) is 0 Å². The summed E-state index contributed by atoms with van der Waals surface area (Å²) in [6.07, 6.45) is 0. The number of aryl methyl sites for hydroxylation is 1. The van der Waals surface area contributed by atoms with Gasteiger partial charge in [0.2, 0.25) is 0 Å². The molecule has 0 aromatic heterocycles. The van der Waals surface area contributed by atoms with Crippen molar-refractivity contribution < 1.29 is 9.53 Å². The molecule has 84 valence electrons. The lowest BCUT2D eigenvalue weighted by Gasteiger charge is -2.06. The summed E-state index contributed by atoms with van der Waals surface area (Å²) < 4.78 is 2.42. The molecule has 1 rings (SSSR count). The second kappa shape index (κ2) is 6.99. The van der Waals surface area contributed by atoms with Gasteiger partial charge >= 0.3 is 5.97 Å². The number of carbonyl (C=O) groups excluding carboxylic acids is 1. The minimum Gasteiger partial charge on any atom is -0.466 e. The lowest BCUT2D eigenvalue weighted by atomic mass is 10.2. The first-order valence-corrected chi connectivity index (χ1v) is 5.28. The van der Waals surface area contributed by atoms with E-state index in [0.29, 0.717) is 0 Å². The Hall–Kier alpha value is -0.380. The highest BCUT2D eigenvalue weighted by Crippen LogP contribution is 2.26. The van der Waals surface area contributed by atoms with Gasteiger partial charge in [0.15, 0.2) is 0 Å². The minimum absolute atomic E-state index is 0.774. The van der Waals surface area contributed by atoms with Crippen LogP contribution in [0.3, 0.4) is 0 Å². The van der Waals surface area contributed by atoms with Gasteiger partial charge in [0.05, 0.1) is 7.11 Å². The number of hydrogen-bond acceptors (Lipinski definition) is 3. The van der Waals surface area contributed by atoms with E-state index in [-0.39, 0.29) is 0 Å². The van der Waals surface area contributed by atoms with E-state index in [9.17, 15) is 4.79 Å². The molecule has 0 N–H and O–H groups in total. The maximum absolute atomic E-state index is 10.3. The molecule has 0 aliphatic rings. The van der Waals surface area contributed by atoms with Crippen LogP contribution >= 0.6 is 35.8 Å². The largest absolute Gasteiger partial charge is 0.466 e. The molecule has 0 saturated carbocycles. The molecule has 0 fully saturated rings. The molecule has 0 atom stereocenters. The summed E-state index contributed by atoms with van der Waals surface area (Å²) in [6, 6.07) is 10.3. The Labute approximate surface area is 105 Å². The number of halogens is 2. The molecule has 0 saturated heterocycles. The lowest BCUT2D eigenvalue weighted by molar-refractivity contribution is -0.139. The van der Waals surface area contributed by atoms with Crippen LogP contribution in [-0.2, 0) is 9.53 Å². The number of ether oxygens (including phenoxy) is 1. The SMILES string of the molecule is COC(=O)C(S)(Cl)Cl.Cc1ccccc1. The van der Waals surface area contributed by atoms with Crippen molar-refractivity contribution in [2.24, 2.45) is 0 Å². The van der Waals surface area contributed by atoms with E-state index in [1.165, 1.54) is 12.7 Å². The number of esters is 1. The third kappa shape index (κ3) is 7.54. The third-order valence-corrected chi connectivity index (χ3v) is 1.86. The second-order valence-corrected chi connectivity index (χ2v) is 5.21. The molecule has 2 nitrogen and oxygen atoms in total. The van der Waals surface area contributed by atoms with Crippen molar-refractivity contribution in [2.45, 2.75) is 10.6 Å². The van der Waals surface area contributed by atoms with Gasteiger partial charge < -0.3 is 4.74 Å². The molecule has 15 heavy (non-hydrogen) atoms. The van der Waals surface area contributed by atoms with Gasteiger partial charge in [0, 0.05) is 0 Å². The van der Waals surface area contributed by atoms with Crippen LogP contribution in [0.4, 0.5) is 0 Å². The second-order valence-electron chi connectivity index (χ2n) is 2.69. The number of carbonyl (C=O) groups is 1. The summed E-state index contributed by atoms with van der Waals surface area (Å²) in [6.45, 7) is 2.08. The summed E-state index contributed by atoms with van der Waals surface area (Å²) in [5, 5.41) is 0. The summed E-state index contributed by atoms with van der Waals surface area (Å²) in [4.78, 5) is 10.3. The zero-order valence-electron chi connectivity index (χ0n) is 8.41. The predicted molar refractivity (Wildman–Crippen MR) is 66.6 cm³/mol. The Morgan fingerprint density at radius 3 is 1.93 bits per heavy atom. The number of hydrogen-bond donors (Lipinski definition) is 1. The summed E-state index contributed by atoms with van der Waals surface area (Å²) in [7, 11) is 1.18. The fraction of sp³-hybridized carbons (Fsp3) is 0.300. The number of rotatable bonds is 1. The number of alkyl halides is 2. The van der Waals surface area contributed by atoms with E-state index in [1.807, 2.05) is 18.2 Å². The molecule has 0 aliphatic carbocycles. The van der Waals surface area contributed by atoms with Crippen molar-refractivity contribution >= 4 is 41.8 Å². The normalized spacial score (nSPS) is 9.93. The van der Waals surface area contributed by atoms with Crippen molar-refractivity contribution in [1.29, 1.82) is 0 Å². The van der Waals surface area contributed by atoms with Gasteiger partial charge in [-0.25, -0.2) is 4.79 Å². The maximum atomic E-state index is 10.3. The van der Waals surface area contributed by atoms with Crippen LogP contribution in [0.2, 0.25) is 0 Å². The summed E-state index contributed by atoms with van der Waals surface area (Å²) >= 11 is 13.8. The molecule has 0 amide bonds. The first kappa shape index (κ1) is 14.6. The number of thiol groups is 1. The Kier molecular flexibility index (Phi) is 6.81. The number of methoxy groups -OCH3 is 1. The van der Waals surface area contributed by atoms with Gasteiger partial charge in [-0.3, -0.25) is 0 Å². The molecule has 0 unspecified atom stereocenters. The first-order valence-electron chi connectivity index (χ1n) is 4.08. The fourth-order valence-electron chi connectivity index (χ4n) is 0.657. The van der Waals surface area contributed by atoms with Crippen LogP contribution in [-0.4, -0.2) is 16.7 Å². The standard InChI is InChI=1S/C7H8.C3H4Cl2O2S/c1-7-5-3-2-4-6-7;1-7-2(6)3(4,5)8/h2-6H,1H3;8H,1H3. The topological polar surface area (TPSA) is 26.3 Å². The average Bonchev–Trinajstić information content (AvgIpc) is 2.17. The lowest BCUT2D eigenvalue weighted by Crippen LogP contribution is -2.19. The molecule has 0 aliphatic heterocycles. The van der Waals surface area contributed by atoms with Gasteiger partial charge in [-0.2, -0.15) is 0 Å². The smallest absolute Gasteiger partial charge is 0.352 e. The monoisotopic (exact) mass is 266 g/mol. The van der Waals surface area contributed by atoms with E-state index in [1.54, 1.807) is 0 Å². The van der Waals surface area contributed by atoms with Crippen LogP contribution in [0.1, 0.15) is 5.56 Å². The van der Waals surface area contributed by atoms with Crippen molar-refractivity contribution in [3.63, 3.8) is 0 Å². The molecule has 5 heteroatoms. The van der Waals surface area contributed by atoms with E-state index in [4.69, 9.17) is 23.2 Å². The molecule has 0 bridgehead atoms. The van der Waals surface area contributed by atoms with Gasteiger partial charge in [0.25, 0.3) is 3.67 Å². The Bertz CT molecular complexity index is 296. The molecule has 0 radical (unpaired) electrons. The van der Waals surface area contributed by atoms with E-state index < -0.39 is 9.63 Å². The molecular weight excluding hydrogens is 255 g/mol. The molecule has 0 spiro atoms. The number of benzene rings is 1. The molecule has 1 aromatic rings. The van der Waals surface area contributed by atoms with Crippen molar-refractivity contribution in [3.05, 3.63) is 35.9 Å². The predicted octanol–water partition coefficient (Wildman–Crippen LogP) is 3.22. The molecule has 0 heterocycles. The quantitative estimate of drug-likeness (QED) is 0.480. The van der Waals surface area contributed by atoms with Crippen LogP contribution < -0.4 is 0 Å². The Morgan fingerprint density at radius 2 is 1.80 bits per heavy atom. The Balaban J connectivity index is 0.000000262. The van der Waals surface area contributed by atoms with Gasteiger partial charge in [-0.05, 0) is 6.92 Å². The van der Waals surface area contributed by atoms with Gasteiger partial charge in [-0.15, -0.1) is 12.6 Å².